The first-order valence-corrected chi connectivity index (χ1v) is 12.3. The van der Waals surface area contributed by atoms with E-state index in [0.717, 1.165) is 42.6 Å². The van der Waals surface area contributed by atoms with Crippen LogP contribution in [0.1, 0.15) is 57.2 Å². The Bertz CT molecular complexity index is 1320. The summed E-state index contributed by atoms with van der Waals surface area (Å²) < 4.78 is 13.0. The normalized spacial score (nSPS) is 15.0. The quantitative estimate of drug-likeness (QED) is 0.508. The molecule has 0 unspecified atom stereocenters. The Hall–Kier alpha value is -3.54. The molecule has 1 aromatic heterocycles. The van der Waals surface area contributed by atoms with Crippen LogP contribution in [0.15, 0.2) is 53.3 Å². The van der Waals surface area contributed by atoms with E-state index in [2.05, 4.69) is 16.7 Å². The molecule has 2 aliphatic rings. The Morgan fingerprint density at radius 3 is 2.46 bits per heavy atom. The second-order valence-electron chi connectivity index (χ2n) is 9.52. The van der Waals surface area contributed by atoms with Gasteiger partial charge in [0.2, 0.25) is 0 Å². The molecular formula is C29H32N2O4. The molecule has 0 spiro atoms. The van der Waals surface area contributed by atoms with Gasteiger partial charge in [-0.1, -0.05) is 30.3 Å². The predicted molar refractivity (Wildman–Crippen MR) is 136 cm³/mol. The number of benzene rings is 2. The lowest BCUT2D eigenvalue weighted by Gasteiger charge is -2.30. The summed E-state index contributed by atoms with van der Waals surface area (Å²) >= 11 is 0. The zero-order valence-corrected chi connectivity index (χ0v) is 20.7. The highest BCUT2D eigenvalue weighted by molar-refractivity contribution is 5.95. The van der Waals surface area contributed by atoms with E-state index in [9.17, 15) is 9.59 Å². The van der Waals surface area contributed by atoms with Crippen LogP contribution in [-0.4, -0.2) is 36.1 Å². The molecule has 6 nitrogen and oxygen atoms in total. The fourth-order valence-electron chi connectivity index (χ4n) is 5.19. The van der Waals surface area contributed by atoms with Crippen LogP contribution in [0.25, 0.3) is 0 Å². The summed E-state index contributed by atoms with van der Waals surface area (Å²) in [4.78, 5) is 28.8. The number of carbonyl (C=O) groups is 1. The third-order valence-corrected chi connectivity index (χ3v) is 7.23. The van der Waals surface area contributed by atoms with Gasteiger partial charge in [-0.25, -0.2) is 0 Å². The average molecular weight is 473 g/mol. The SMILES string of the molecule is COc1ccc(CCn2c(C)cc(=O)c(C(=O)N3CCc4ccccc4C3)c2C2CC2)cc1OC. The summed E-state index contributed by atoms with van der Waals surface area (Å²) in [5.74, 6) is 1.53. The highest BCUT2D eigenvalue weighted by atomic mass is 16.5. The van der Waals surface area contributed by atoms with E-state index >= 15 is 0 Å². The van der Waals surface area contributed by atoms with E-state index in [-0.39, 0.29) is 17.3 Å². The van der Waals surface area contributed by atoms with Gasteiger partial charge in [0.05, 0.1) is 14.2 Å². The van der Waals surface area contributed by atoms with Gasteiger partial charge in [0.15, 0.2) is 16.9 Å². The summed E-state index contributed by atoms with van der Waals surface area (Å²) in [6.07, 6.45) is 3.61. The number of ether oxygens (including phenoxy) is 2. The Morgan fingerprint density at radius 1 is 1.00 bits per heavy atom. The van der Waals surface area contributed by atoms with Crippen LogP contribution >= 0.6 is 0 Å². The number of carbonyl (C=O) groups excluding carboxylic acids is 1. The molecule has 1 saturated carbocycles. The van der Waals surface area contributed by atoms with Crippen molar-refractivity contribution in [3.63, 3.8) is 0 Å². The minimum Gasteiger partial charge on any atom is -0.493 e. The maximum absolute atomic E-state index is 13.8. The number of aromatic nitrogens is 1. The number of hydrogen-bond acceptors (Lipinski definition) is 4. The van der Waals surface area contributed by atoms with Crippen molar-refractivity contribution >= 4 is 5.91 Å². The van der Waals surface area contributed by atoms with Gasteiger partial charge in [-0.2, -0.15) is 0 Å². The van der Waals surface area contributed by atoms with E-state index in [1.54, 1.807) is 20.3 Å². The van der Waals surface area contributed by atoms with Crippen molar-refractivity contribution in [1.82, 2.24) is 9.47 Å². The number of amides is 1. The molecule has 2 heterocycles. The fourth-order valence-corrected chi connectivity index (χ4v) is 5.19. The van der Waals surface area contributed by atoms with Crippen LogP contribution in [-0.2, 0) is 25.9 Å². The van der Waals surface area contributed by atoms with Gasteiger partial charge in [0.25, 0.3) is 5.91 Å². The van der Waals surface area contributed by atoms with Gasteiger partial charge in [-0.05, 0) is 61.4 Å². The smallest absolute Gasteiger partial charge is 0.259 e. The molecule has 0 saturated heterocycles. The van der Waals surface area contributed by atoms with E-state index < -0.39 is 0 Å². The monoisotopic (exact) mass is 472 g/mol. The van der Waals surface area contributed by atoms with Gasteiger partial charge in [-0.15, -0.1) is 0 Å². The van der Waals surface area contributed by atoms with Crippen molar-refractivity contribution in [2.45, 2.75) is 51.6 Å². The standard InChI is InChI=1S/C29H32N2O4/c1-19-16-24(32)27(29(33)30-14-13-21-6-4-5-7-23(21)18-30)28(22-9-10-22)31(19)15-12-20-8-11-25(34-2)26(17-20)35-3/h4-8,11,16-17,22H,9-10,12-15,18H2,1-3H3. The molecule has 2 aromatic carbocycles. The third-order valence-electron chi connectivity index (χ3n) is 7.23. The second-order valence-corrected chi connectivity index (χ2v) is 9.52. The molecule has 0 radical (unpaired) electrons. The molecule has 1 aliphatic heterocycles. The van der Waals surface area contributed by atoms with Crippen molar-refractivity contribution in [3.8, 4) is 11.5 Å². The number of fused-ring (bicyclic) bond motifs is 1. The lowest BCUT2D eigenvalue weighted by molar-refractivity contribution is 0.0731. The van der Waals surface area contributed by atoms with E-state index in [1.165, 1.54) is 11.1 Å². The number of nitrogens with zero attached hydrogens (tertiary/aromatic N) is 2. The van der Waals surface area contributed by atoms with Crippen LogP contribution < -0.4 is 14.9 Å². The van der Waals surface area contributed by atoms with Crippen molar-refractivity contribution in [2.24, 2.45) is 0 Å². The van der Waals surface area contributed by atoms with Gasteiger partial charge >= 0.3 is 0 Å². The first kappa shape index (κ1) is 23.2. The lowest BCUT2D eigenvalue weighted by Crippen LogP contribution is -2.39. The topological polar surface area (TPSA) is 60.8 Å². The lowest BCUT2D eigenvalue weighted by atomic mass is 9.98. The summed E-state index contributed by atoms with van der Waals surface area (Å²) in [5, 5.41) is 0. The van der Waals surface area contributed by atoms with Crippen LogP contribution in [0.4, 0.5) is 0 Å². The first-order chi connectivity index (χ1) is 17.0. The molecule has 0 atom stereocenters. The Morgan fingerprint density at radius 2 is 1.74 bits per heavy atom. The Labute approximate surface area is 206 Å². The molecule has 3 aromatic rings. The van der Waals surface area contributed by atoms with Crippen LogP contribution in [0.3, 0.4) is 0 Å². The van der Waals surface area contributed by atoms with Gasteiger partial charge in [-0.3, -0.25) is 9.59 Å². The maximum atomic E-state index is 13.8. The summed E-state index contributed by atoms with van der Waals surface area (Å²) in [7, 11) is 3.26. The molecular weight excluding hydrogens is 440 g/mol. The van der Waals surface area contributed by atoms with Crippen LogP contribution in [0, 0.1) is 6.92 Å². The zero-order valence-electron chi connectivity index (χ0n) is 20.7. The average Bonchev–Trinajstić information content (AvgIpc) is 3.72. The first-order valence-electron chi connectivity index (χ1n) is 12.3. The van der Waals surface area contributed by atoms with Gasteiger partial charge < -0.3 is 18.9 Å². The molecule has 0 N–H and O–H groups in total. The van der Waals surface area contributed by atoms with Crippen LogP contribution in [0.5, 0.6) is 11.5 Å². The number of aryl methyl sites for hydroxylation is 2. The minimum absolute atomic E-state index is 0.133. The molecule has 35 heavy (non-hydrogen) atoms. The molecule has 1 aliphatic carbocycles. The third kappa shape index (κ3) is 4.57. The Balaban J connectivity index is 1.46. The molecule has 5 rings (SSSR count). The summed E-state index contributed by atoms with van der Waals surface area (Å²) in [5.41, 5.74) is 5.59. The highest BCUT2D eigenvalue weighted by Crippen LogP contribution is 2.42. The zero-order chi connectivity index (χ0) is 24.5. The number of hydrogen-bond donors (Lipinski definition) is 0. The molecule has 0 bridgehead atoms. The van der Waals surface area contributed by atoms with E-state index in [0.29, 0.717) is 36.7 Å². The second kappa shape index (κ2) is 9.61. The maximum Gasteiger partial charge on any atom is 0.259 e. The van der Waals surface area contributed by atoms with Crippen molar-refractivity contribution in [1.29, 1.82) is 0 Å². The number of methoxy groups -OCH3 is 2. The van der Waals surface area contributed by atoms with Gasteiger partial charge in [0, 0.05) is 43.0 Å². The van der Waals surface area contributed by atoms with Crippen molar-refractivity contribution in [3.05, 3.63) is 92.4 Å². The number of pyridine rings is 1. The summed E-state index contributed by atoms with van der Waals surface area (Å²) in [6, 6.07) is 15.8. The Kier molecular flexibility index (Phi) is 6.37. The van der Waals surface area contributed by atoms with Crippen LogP contribution in [0.2, 0.25) is 0 Å². The molecule has 182 valence electrons. The molecule has 6 heteroatoms. The molecule has 1 fully saturated rings. The van der Waals surface area contributed by atoms with Crippen molar-refractivity contribution in [2.75, 3.05) is 20.8 Å². The molecule has 1 amide bonds. The minimum atomic E-state index is -0.157. The fraction of sp³-hybridized carbons (Fsp3) is 0.379. The predicted octanol–water partition coefficient (Wildman–Crippen LogP) is 4.49. The van der Waals surface area contributed by atoms with Crippen molar-refractivity contribution < 1.29 is 14.3 Å². The van der Waals surface area contributed by atoms with Gasteiger partial charge in [0.1, 0.15) is 5.56 Å². The van der Waals surface area contributed by atoms with E-state index in [4.69, 9.17) is 9.47 Å². The largest absolute Gasteiger partial charge is 0.493 e. The summed E-state index contributed by atoms with van der Waals surface area (Å²) in [6.45, 7) is 3.85. The highest BCUT2D eigenvalue weighted by Gasteiger charge is 2.35. The number of rotatable bonds is 7. The van der Waals surface area contributed by atoms with E-state index in [1.807, 2.05) is 42.2 Å².